The maximum Gasteiger partial charge on any atom is 0.213 e. The Bertz CT molecular complexity index is 730. The number of anilines is 1. The quantitative estimate of drug-likeness (QED) is 0.386. The Balaban J connectivity index is 0.00000225. The van der Waals surface area contributed by atoms with Gasteiger partial charge in [0.25, 0.3) is 0 Å². The molecule has 1 heterocycles. The second kappa shape index (κ2) is 8.68. The van der Waals surface area contributed by atoms with Gasteiger partial charge < -0.3 is 11.1 Å². The van der Waals surface area contributed by atoms with Crippen molar-refractivity contribution in [2.24, 2.45) is 16.6 Å². The van der Waals surface area contributed by atoms with E-state index in [0.717, 1.165) is 18.5 Å². The molecule has 25 heavy (non-hydrogen) atoms. The summed E-state index contributed by atoms with van der Waals surface area (Å²) in [7, 11) is -3.05. The van der Waals surface area contributed by atoms with Crippen molar-refractivity contribution in [3.63, 3.8) is 0 Å². The lowest BCUT2D eigenvalue weighted by molar-refractivity contribution is 0.208. The molecule has 1 aliphatic carbocycles. The molecule has 0 atom stereocenters. The first-order chi connectivity index (χ1) is 11.5. The van der Waals surface area contributed by atoms with Gasteiger partial charge in [-0.3, -0.25) is 4.99 Å². The minimum atomic E-state index is -3.05. The minimum absolute atomic E-state index is 0. The Morgan fingerprint density at radius 1 is 1.32 bits per heavy atom. The first-order valence-electron chi connectivity index (χ1n) is 8.65. The largest absolute Gasteiger partial charge is 0.370 e. The number of nitrogens with zero attached hydrogens (tertiary/aromatic N) is 2. The van der Waals surface area contributed by atoms with Gasteiger partial charge in [-0.15, -0.1) is 24.0 Å². The number of aliphatic imine (C=N–C) groups is 1. The standard InChI is InChI=1S/C17H26N4O2S.HI/c1-2-24(22,23)21-11-13(12-21)10-19-17(18)20-16-9-5-7-14-6-3-4-8-15(14)16;/h5,7,9,13H,2-4,6,8,10-12H2,1H3,(H3,18,19,20);1H. The van der Waals surface area contributed by atoms with Crippen molar-refractivity contribution in [3.05, 3.63) is 29.3 Å². The number of guanidine groups is 1. The van der Waals surface area contributed by atoms with Crippen LogP contribution in [0.3, 0.4) is 0 Å². The summed E-state index contributed by atoms with van der Waals surface area (Å²) in [6.07, 6.45) is 4.68. The zero-order chi connectivity index (χ0) is 17.2. The third kappa shape index (κ3) is 4.85. The van der Waals surface area contributed by atoms with Gasteiger partial charge in [-0.2, -0.15) is 0 Å². The van der Waals surface area contributed by atoms with Gasteiger partial charge in [-0.05, 0) is 49.8 Å². The highest BCUT2D eigenvalue weighted by Crippen LogP contribution is 2.27. The van der Waals surface area contributed by atoms with E-state index >= 15 is 0 Å². The van der Waals surface area contributed by atoms with E-state index in [0.29, 0.717) is 25.6 Å². The molecule has 6 nitrogen and oxygen atoms in total. The van der Waals surface area contributed by atoms with Gasteiger partial charge in [0.05, 0.1) is 5.75 Å². The maximum atomic E-state index is 11.7. The van der Waals surface area contributed by atoms with E-state index in [1.807, 2.05) is 6.07 Å². The van der Waals surface area contributed by atoms with Crippen LogP contribution in [0, 0.1) is 5.92 Å². The summed E-state index contributed by atoms with van der Waals surface area (Å²) in [5.74, 6) is 0.827. The molecule has 0 unspecified atom stereocenters. The maximum absolute atomic E-state index is 11.7. The van der Waals surface area contributed by atoms with E-state index in [1.165, 1.54) is 28.3 Å². The van der Waals surface area contributed by atoms with Crippen LogP contribution < -0.4 is 11.1 Å². The molecule has 1 aliphatic heterocycles. The topological polar surface area (TPSA) is 87.8 Å². The van der Waals surface area contributed by atoms with Crippen molar-refractivity contribution < 1.29 is 8.42 Å². The summed E-state index contributed by atoms with van der Waals surface area (Å²) in [4.78, 5) is 4.39. The van der Waals surface area contributed by atoms with Crippen LogP contribution in [0.15, 0.2) is 23.2 Å². The highest BCUT2D eigenvalue weighted by Gasteiger charge is 2.34. The number of aryl methyl sites for hydroxylation is 1. The van der Waals surface area contributed by atoms with Gasteiger partial charge >= 0.3 is 0 Å². The summed E-state index contributed by atoms with van der Waals surface area (Å²) >= 11 is 0. The average molecular weight is 478 g/mol. The predicted molar refractivity (Wildman–Crippen MR) is 113 cm³/mol. The van der Waals surface area contributed by atoms with Gasteiger partial charge in [-0.25, -0.2) is 12.7 Å². The SMILES string of the molecule is CCS(=O)(=O)N1CC(CN=C(N)Nc2cccc3c2CCCC3)C1.I. The third-order valence-electron chi connectivity index (χ3n) is 4.86. The minimum Gasteiger partial charge on any atom is -0.370 e. The van der Waals surface area contributed by atoms with Crippen molar-refractivity contribution in [3.8, 4) is 0 Å². The third-order valence-corrected chi connectivity index (χ3v) is 6.67. The number of hydrogen-bond donors (Lipinski definition) is 2. The van der Waals surface area contributed by atoms with Crippen molar-refractivity contribution in [2.45, 2.75) is 32.6 Å². The van der Waals surface area contributed by atoms with Crippen LogP contribution in [-0.4, -0.2) is 44.1 Å². The highest BCUT2D eigenvalue weighted by atomic mass is 127. The van der Waals surface area contributed by atoms with Gasteiger partial charge in [0.2, 0.25) is 10.0 Å². The Kier molecular flexibility index (Phi) is 7.10. The molecule has 140 valence electrons. The summed E-state index contributed by atoms with van der Waals surface area (Å²) < 4.78 is 24.9. The second-order valence-corrected chi connectivity index (χ2v) is 8.84. The second-order valence-electron chi connectivity index (χ2n) is 6.58. The Hall–Kier alpha value is -0.870. The molecule has 1 fully saturated rings. The molecule has 1 saturated heterocycles. The molecule has 0 bridgehead atoms. The van der Waals surface area contributed by atoms with Crippen LogP contribution in [-0.2, 0) is 22.9 Å². The van der Waals surface area contributed by atoms with Crippen molar-refractivity contribution in [2.75, 3.05) is 30.7 Å². The number of nitrogens with two attached hydrogens (primary N) is 1. The number of nitrogens with one attached hydrogen (secondary N) is 1. The molecule has 0 spiro atoms. The number of fused-ring (bicyclic) bond motifs is 1. The van der Waals surface area contributed by atoms with E-state index in [2.05, 4.69) is 22.4 Å². The zero-order valence-corrected chi connectivity index (χ0v) is 17.7. The molecule has 1 aromatic carbocycles. The van der Waals surface area contributed by atoms with E-state index in [4.69, 9.17) is 5.73 Å². The average Bonchev–Trinajstić information content (AvgIpc) is 2.53. The molecule has 0 amide bonds. The first kappa shape index (κ1) is 20.4. The molecule has 3 rings (SSSR count). The monoisotopic (exact) mass is 478 g/mol. The predicted octanol–water partition coefficient (Wildman–Crippen LogP) is 2.19. The van der Waals surface area contributed by atoms with Crippen molar-refractivity contribution in [1.82, 2.24) is 4.31 Å². The van der Waals surface area contributed by atoms with Crippen LogP contribution in [0.1, 0.15) is 30.9 Å². The fourth-order valence-electron chi connectivity index (χ4n) is 3.35. The number of rotatable bonds is 5. The molecule has 1 aromatic rings. The van der Waals surface area contributed by atoms with E-state index < -0.39 is 10.0 Å². The first-order valence-corrected chi connectivity index (χ1v) is 10.3. The fraction of sp³-hybridized carbons (Fsp3) is 0.588. The van der Waals surface area contributed by atoms with Crippen molar-refractivity contribution >= 4 is 45.6 Å². The summed E-state index contributed by atoms with van der Waals surface area (Å²) in [6, 6.07) is 6.29. The Morgan fingerprint density at radius 3 is 2.76 bits per heavy atom. The lowest BCUT2D eigenvalue weighted by Crippen LogP contribution is -2.51. The lowest BCUT2D eigenvalue weighted by Gasteiger charge is -2.37. The lowest BCUT2D eigenvalue weighted by atomic mass is 9.90. The highest BCUT2D eigenvalue weighted by molar-refractivity contribution is 14.0. The molecule has 2 aliphatic rings. The van der Waals surface area contributed by atoms with Crippen LogP contribution in [0.25, 0.3) is 0 Å². The molecule has 8 heteroatoms. The molecule has 0 radical (unpaired) electrons. The normalized spacial score (nSPS) is 18.8. The van der Waals surface area contributed by atoms with E-state index in [-0.39, 0.29) is 35.6 Å². The van der Waals surface area contributed by atoms with Crippen LogP contribution >= 0.6 is 24.0 Å². The Labute approximate surface area is 167 Å². The number of benzene rings is 1. The van der Waals surface area contributed by atoms with E-state index in [9.17, 15) is 8.42 Å². The van der Waals surface area contributed by atoms with Crippen LogP contribution in [0.5, 0.6) is 0 Å². The summed E-state index contributed by atoms with van der Waals surface area (Å²) in [5.41, 5.74) is 9.83. The smallest absolute Gasteiger partial charge is 0.213 e. The number of halogens is 1. The summed E-state index contributed by atoms with van der Waals surface area (Å²) in [5, 5.41) is 3.22. The van der Waals surface area contributed by atoms with Gasteiger partial charge in [-0.1, -0.05) is 12.1 Å². The van der Waals surface area contributed by atoms with Crippen molar-refractivity contribution in [1.29, 1.82) is 0 Å². The number of hydrogen-bond acceptors (Lipinski definition) is 3. The van der Waals surface area contributed by atoms with E-state index in [1.54, 1.807) is 6.92 Å². The molecular weight excluding hydrogens is 451 g/mol. The van der Waals surface area contributed by atoms with Crippen LogP contribution in [0.2, 0.25) is 0 Å². The molecule has 0 aromatic heterocycles. The zero-order valence-electron chi connectivity index (χ0n) is 14.6. The summed E-state index contributed by atoms with van der Waals surface area (Å²) in [6.45, 7) is 3.33. The molecular formula is C17H27IN4O2S. The van der Waals surface area contributed by atoms with Gasteiger partial charge in [0.15, 0.2) is 5.96 Å². The number of sulfonamides is 1. The Morgan fingerprint density at radius 2 is 2.04 bits per heavy atom. The van der Waals surface area contributed by atoms with Gasteiger partial charge in [0, 0.05) is 31.2 Å². The molecule has 0 saturated carbocycles. The van der Waals surface area contributed by atoms with Gasteiger partial charge in [0.1, 0.15) is 0 Å². The molecule has 3 N–H and O–H groups in total. The van der Waals surface area contributed by atoms with Crippen LogP contribution in [0.4, 0.5) is 5.69 Å². The fourth-order valence-corrected chi connectivity index (χ4v) is 4.59.